The summed E-state index contributed by atoms with van der Waals surface area (Å²) in [6.07, 6.45) is 5.00. The Balaban J connectivity index is 1.52. The number of amides is 1. The summed E-state index contributed by atoms with van der Waals surface area (Å²) in [6, 6.07) is 5.73. The Labute approximate surface area is 172 Å². The van der Waals surface area contributed by atoms with Gasteiger partial charge in [-0.25, -0.2) is 15.0 Å². The van der Waals surface area contributed by atoms with E-state index in [4.69, 9.17) is 9.47 Å². The molecule has 150 valence electrons. The molecule has 0 N–H and O–H groups in total. The van der Waals surface area contributed by atoms with Gasteiger partial charge in [-0.15, -0.1) is 11.3 Å². The average molecular weight is 411 g/mol. The van der Waals surface area contributed by atoms with Crippen molar-refractivity contribution in [2.75, 3.05) is 50.9 Å². The summed E-state index contributed by atoms with van der Waals surface area (Å²) in [4.78, 5) is 32.1. The van der Waals surface area contributed by atoms with E-state index >= 15 is 0 Å². The summed E-state index contributed by atoms with van der Waals surface area (Å²) in [7, 11) is 0. The largest absolute Gasteiger partial charge is 0.378 e. The second kappa shape index (κ2) is 8.02. The van der Waals surface area contributed by atoms with Crippen molar-refractivity contribution >= 4 is 33.4 Å². The smallest absolute Gasteiger partial charge is 0.264 e. The third kappa shape index (κ3) is 3.57. The van der Waals surface area contributed by atoms with Crippen LogP contribution in [0.1, 0.15) is 21.3 Å². The lowest BCUT2D eigenvalue weighted by molar-refractivity contribution is 0.0280. The number of carbonyl (C=O) groups excluding carboxylic acids is 1. The molecule has 0 spiro atoms. The van der Waals surface area contributed by atoms with Gasteiger partial charge in [0.25, 0.3) is 5.91 Å². The van der Waals surface area contributed by atoms with Crippen LogP contribution in [0.2, 0.25) is 0 Å². The summed E-state index contributed by atoms with van der Waals surface area (Å²) >= 11 is 1.44. The van der Waals surface area contributed by atoms with Crippen LogP contribution in [-0.4, -0.2) is 71.8 Å². The van der Waals surface area contributed by atoms with Crippen molar-refractivity contribution in [2.24, 2.45) is 0 Å². The first-order chi connectivity index (χ1) is 14.3. The quantitative estimate of drug-likeness (QED) is 0.653. The molecule has 2 saturated heterocycles. The number of carbonyl (C=O) groups is 1. The van der Waals surface area contributed by atoms with Crippen LogP contribution in [0.3, 0.4) is 0 Å². The van der Waals surface area contributed by atoms with Gasteiger partial charge < -0.3 is 19.3 Å². The highest BCUT2D eigenvalue weighted by molar-refractivity contribution is 7.20. The molecule has 3 aromatic heterocycles. The number of pyridine rings is 1. The lowest BCUT2D eigenvalue weighted by atomic mass is 10.0. The Hall–Kier alpha value is -2.62. The first-order valence-corrected chi connectivity index (χ1v) is 10.5. The van der Waals surface area contributed by atoms with E-state index in [9.17, 15) is 4.79 Å². The van der Waals surface area contributed by atoms with Gasteiger partial charge in [-0.3, -0.25) is 4.79 Å². The van der Waals surface area contributed by atoms with E-state index in [1.807, 2.05) is 17.0 Å². The van der Waals surface area contributed by atoms with Gasteiger partial charge in [0.15, 0.2) is 0 Å². The minimum atomic E-state index is -0.245. The van der Waals surface area contributed by atoms with Gasteiger partial charge >= 0.3 is 0 Å². The van der Waals surface area contributed by atoms with Gasteiger partial charge in [-0.05, 0) is 12.1 Å². The summed E-state index contributed by atoms with van der Waals surface area (Å²) < 4.78 is 11.6. The lowest BCUT2D eigenvalue weighted by Gasteiger charge is -2.34. The maximum atomic E-state index is 13.3. The monoisotopic (exact) mass is 411 g/mol. The highest BCUT2D eigenvalue weighted by Crippen LogP contribution is 2.38. The number of nitrogens with zero attached hydrogens (tertiary/aromatic N) is 5. The van der Waals surface area contributed by atoms with Crippen molar-refractivity contribution in [1.29, 1.82) is 0 Å². The maximum Gasteiger partial charge on any atom is 0.264 e. The van der Waals surface area contributed by atoms with Crippen molar-refractivity contribution in [1.82, 2.24) is 19.9 Å². The molecule has 5 rings (SSSR count). The van der Waals surface area contributed by atoms with E-state index < -0.39 is 0 Å². The molecule has 0 aliphatic carbocycles. The number of morpholine rings is 2. The molecule has 2 aliphatic rings. The Kier molecular flexibility index (Phi) is 5.09. The fourth-order valence-electron chi connectivity index (χ4n) is 3.80. The third-order valence-corrected chi connectivity index (χ3v) is 6.34. The second-order valence-corrected chi connectivity index (χ2v) is 7.96. The van der Waals surface area contributed by atoms with Crippen molar-refractivity contribution in [3.8, 4) is 0 Å². The number of anilines is 1. The molecule has 0 saturated carbocycles. The minimum absolute atomic E-state index is 0.0305. The Morgan fingerprint density at radius 3 is 2.66 bits per heavy atom. The van der Waals surface area contributed by atoms with Gasteiger partial charge in [0, 0.05) is 49.2 Å². The van der Waals surface area contributed by atoms with Crippen LogP contribution in [0.5, 0.6) is 0 Å². The van der Waals surface area contributed by atoms with Crippen LogP contribution in [0.4, 0.5) is 5.95 Å². The van der Waals surface area contributed by atoms with Crippen molar-refractivity contribution in [2.45, 2.75) is 6.10 Å². The molecule has 9 heteroatoms. The zero-order chi connectivity index (χ0) is 19.6. The zero-order valence-corrected chi connectivity index (χ0v) is 16.7. The van der Waals surface area contributed by atoms with Crippen LogP contribution in [-0.2, 0) is 9.47 Å². The predicted molar refractivity (Wildman–Crippen MR) is 109 cm³/mol. The molecule has 5 heterocycles. The number of thiophene rings is 1. The number of fused-ring (bicyclic) bond motifs is 1. The molecule has 3 aromatic rings. The fourth-order valence-corrected chi connectivity index (χ4v) is 4.96. The van der Waals surface area contributed by atoms with Crippen LogP contribution >= 0.6 is 11.3 Å². The number of hydrogen-bond donors (Lipinski definition) is 0. The number of hydrogen-bond acceptors (Lipinski definition) is 8. The fraction of sp³-hybridized carbons (Fsp3) is 0.400. The van der Waals surface area contributed by atoms with Crippen LogP contribution in [0.15, 0.2) is 36.8 Å². The SMILES string of the molecule is O=C(c1sc2ncccc2c1[C@@H]1CN(c2ncccn2)CCO1)N1CCOCC1. The number of aromatic nitrogens is 3. The van der Waals surface area contributed by atoms with Gasteiger partial charge in [-0.2, -0.15) is 0 Å². The van der Waals surface area contributed by atoms with Crippen molar-refractivity contribution in [3.05, 3.63) is 47.2 Å². The van der Waals surface area contributed by atoms with E-state index in [2.05, 4.69) is 19.9 Å². The topological polar surface area (TPSA) is 80.7 Å². The van der Waals surface area contributed by atoms with E-state index in [0.717, 1.165) is 15.8 Å². The molecule has 0 radical (unpaired) electrons. The van der Waals surface area contributed by atoms with E-state index in [1.54, 1.807) is 24.7 Å². The number of ether oxygens (including phenoxy) is 2. The molecule has 0 bridgehead atoms. The molecule has 29 heavy (non-hydrogen) atoms. The Morgan fingerprint density at radius 2 is 1.83 bits per heavy atom. The second-order valence-electron chi connectivity index (χ2n) is 6.96. The van der Waals surface area contributed by atoms with Crippen LogP contribution in [0, 0.1) is 0 Å². The molecule has 8 nitrogen and oxygen atoms in total. The summed E-state index contributed by atoms with van der Waals surface area (Å²) in [5.74, 6) is 0.711. The lowest BCUT2D eigenvalue weighted by Crippen LogP contribution is -2.42. The molecule has 2 aliphatic heterocycles. The normalized spacial score (nSPS) is 20.2. The van der Waals surface area contributed by atoms with E-state index in [0.29, 0.717) is 56.8 Å². The van der Waals surface area contributed by atoms with Crippen LogP contribution in [0.25, 0.3) is 10.2 Å². The Bertz CT molecular complexity index is 1010. The van der Waals surface area contributed by atoms with Crippen molar-refractivity contribution in [3.63, 3.8) is 0 Å². The minimum Gasteiger partial charge on any atom is -0.378 e. The van der Waals surface area contributed by atoms with Gasteiger partial charge in [0.05, 0.1) is 26.4 Å². The molecule has 0 unspecified atom stereocenters. The van der Waals surface area contributed by atoms with E-state index in [-0.39, 0.29) is 12.0 Å². The Morgan fingerprint density at radius 1 is 1.03 bits per heavy atom. The first-order valence-electron chi connectivity index (χ1n) is 9.69. The molecule has 2 fully saturated rings. The zero-order valence-electron chi connectivity index (χ0n) is 15.9. The summed E-state index contributed by atoms with van der Waals surface area (Å²) in [5.41, 5.74) is 0.926. The highest BCUT2D eigenvalue weighted by atomic mass is 32.1. The molecular formula is C20H21N5O3S. The first kappa shape index (κ1) is 18.4. The summed E-state index contributed by atoms with van der Waals surface area (Å²) in [5, 5.41) is 0.981. The highest BCUT2D eigenvalue weighted by Gasteiger charge is 2.32. The average Bonchev–Trinajstić information content (AvgIpc) is 3.19. The molecular weight excluding hydrogens is 390 g/mol. The van der Waals surface area contributed by atoms with Crippen molar-refractivity contribution < 1.29 is 14.3 Å². The standard InChI is InChI=1S/C20H21N5O3S/c26-19(24-7-10-27-11-8-24)17-16(14-3-1-4-21-18(14)29-17)15-13-25(9-12-28-15)20-22-5-2-6-23-20/h1-6,15H,7-13H2/t15-/m0/s1. The maximum absolute atomic E-state index is 13.3. The number of rotatable bonds is 3. The molecule has 0 aromatic carbocycles. The molecule has 1 atom stereocenters. The molecule has 1 amide bonds. The van der Waals surface area contributed by atoms with Gasteiger partial charge in [0.1, 0.15) is 15.8 Å². The van der Waals surface area contributed by atoms with E-state index in [1.165, 1.54) is 11.3 Å². The predicted octanol–water partition coefficient (Wildman–Crippen LogP) is 2.14. The summed E-state index contributed by atoms with van der Waals surface area (Å²) in [6.45, 7) is 4.21. The van der Waals surface area contributed by atoms with Gasteiger partial charge in [0.2, 0.25) is 5.95 Å². The third-order valence-electron chi connectivity index (χ3n) is 5.22. The van der Waals surface area contributed by atoms with Gasteiger partial charge in [-0.1, -0.05) is 6.07 Å². The van der Waals surface area contributed by atoms with Crippen LogP contribution < -0.4 is 4.90 Å².